The molecule has 1 fully saturated rings. The van der Waals surface area contributed by atoms with Gasteiger partial charge in [-0.05, 0) is 55.8 Å². The van der Waals surface area contributed by atoms with E-state index in [9.17, 15) is 13.2 Å². The molecule has 0 amide bonds. The van der Waals surface area contributed by atoms with Gasteiger partial charge in [-0.25, -0.2) is 0 Å². The highest BCUT2D eigenvalue weighted by molar-refractivity contribution is 14.0. The molecule has 0 radical (unpaired) electrons. The molecule has 2 aromatic rings. The maximum Gasteiger partial charge on any atom is 0.422 e. The van der Waals surface area contributed by atoms with E-state index in [0.717, 1.165) is 24.4 Å². The number of rotatable bonds is 8. The fourth-order valence-electron chi connectivity index (χ4n) is 3.45. The minimum atomic E-state index is -4.36. The van der Waals surface area contributed by atoms with Crippen LogP contribution in [-0.2, 0) is 6.54 Å². The van der Waals surface area contributed by atoms with Crippen molar-refractivity contribution in [2.24, 2.45) is 4.99 Å². The quantitative estimate of drug-likeness (QED) is 0.290. The van der Waals surface area contributed by atoms with E-state index in [1.54, 1.807) is 25.4 Å². The van der Waals surface area contributed by atoms with Crippen LogP contribution in [0.15, 0.2) is 52.1 Å². The molecule has 10 heteroatoms. The van der Waals surface area contributed by atoms with E-state index < -0.39 is 12.8 Å². The Labute approximate surface area is 197 Å². The molecule has 1 atom stereocenters. The second-order valence-corrected chi connectivity index (χ2v) is 7.13. The van der Waals surface area contributed by atoms with Crippen LogP contribution < -0.4 is 15.4 Å². The number of benzene rings is 1. The highest BCUT2D eigenvalue weighted by Crippen LogP contribution is 2.25. The maximum absolute atomic E-state index is 12.3. The molecule has 0 bridgehead atoms. The molecule has 0 saturated carbocycles. The Morgan fingerprint density at radius 2 is 1.97 bits per heavy atom. The van der Waals surface area contributed by atoms with Gasteiger partial charge < -0.3 is 19.8 Å². The number of nitrogens with zero attached hydrogens (tertiary/aromatic N) is 2. The SMILES string of the molecule is CN=C(NCc1cccc(OCC(F)(F)F)c1)NCC(c1ccco1)N1CCCC1.I. The van der Waals surface area contributed by atoms with Crippen LogP contribution in [-0.4, -0.2) is 50.3 Å². The van der Waals surface area contributed by atoms with Crippen LogP contribution in [0.3, 0.4) is 0 Å². The molecule has 1 aromatic carbocycles. The van der Waals surface area contributed by atoms with Gasteiger partial charge in [0.2, 0.25) is 0 Å². The van der Waals surface area contributed by atoms with E-state index >= 15 is 0 Å². The number of hydrogen-bond acceptors (Lipinski definition) is 4. The third kappa shape index (κ3) is 8.24. The first-order valence-corrected chi connectivity index (χ1v) is 9.95. The Kier molecular flexibility index (Phi) is 9.94. The highest BCUT2D eigenvalue weighted by atomic mass is 127. The van der Waals surface area contributed by atoms with E-state index in [0.29, 0.717) is 19.0 Å². The number of furan rings is 1. The first kappa shape index (κ1) is 25.3. The molecule has 6 nitrogen and oxygen atoms in total. The first-order chi connectivity index (χ1) is 14.4. The van der Waals surface area contributed by atoms with E-state index in [1.165, 1.54) is 18.9 Å². The van der Waals surface area contributed by atoms with Gasteiger partial charge in [0.1, 0.15) is 11.5 Å². The molecule has 1 aliphatic heterocycles. The summed E-state index contributed by atoms with van der Waals surface area (Å²) in [5.74, 6) is 1.70. The Bertz CT molecular complexity index is 809. The number of halogens is 4. The van der Waals surface area contributed by atoms with Gasteiger partial charge in [0.15, 0.2) is 12.6 Å². The van der Waals surface area contributed by atoms with E-state index in [4.69, 9.17) is 9.15 Å². The molecule has 172 valence electrons. The summed E-state index contributed by atoms with van der Waals surface area (Å²) in [7, 11) is 1.68. The van der Waals surface area contributed by atoms with Gasteiger partial charge in [-0.3, -0.25) is 9.89 Å². The number of alkyl halides is 3. The van der Waals surface area contributed by atoms with E-state index in [-0.39, 0.29) is 35.8 Å². The summed E-state index contributed by atoms with van der Waals surface area (Å²) in [6.07, 6.45) is -0.326. The summed E-state index contributed by atoms with van der Waals surface area (Å²) in [5, 5.41) is 6.51. The third-order valence-corrected chi connectivity index (χ3v) is 4.90. The number of ether oxygens (including phenoxy) is 1. The standard InChI is InChI=1S/C21H27F3N4O2.HI/c1-25-20(26-13-16-6-4-7-17(12-16)30-15-21(22,23)24)27-14-18(19-8-5-11-29-19)28-9-2-3-10-28;/h4-8,11-12,18H,2-3,9-10,13-15H2,1H3,(H2,25,26,27);1H. The topological polar surface area (TPSA) is 62.0 Å². The molecule has 1 aromatic heterocycles. The van der Waals surface area contributed by atoms with Crippen molar-refractivity contribution in [2.75, 3.05) is 33.3 Å². The molecule has 0 aliphatic carbocycles. The second-order valence-electron chi connectivity index (χ2n) is 7.13. The van der Waals surface area contributed by atoms with Gasteiger partial charge in [0.25, 0.3) is 0 Å². The van der Waals surface area contributed by atoms with Crippen molar-refractivity contribution >= 4 is 29.9 Å². The van der Waals surface area contributed by atoms with Gasteiger partial charge in [0, 0.05) is 20.1 Å². The Morgan fingerprint density at radius 3 is 2.61 bits per heavy atom. The smallest absolute Gasteiger partial charge is 0.422 e. The number of hydrogen-bond donors (Lipinski definition) is 2. The Hall–Kier alpha value is -1.95. The van der Waals surface area contributed by atoms with Crippen molar-refractivity contribution in [2.45, 2.75) is 31.6 Å². The zero-order chi connectivity index (χ0) is 21.4. The lowest BCUT2D eigenvalue weighted by molar-refractivity contribution is -0.153. The van der Waals surface area contributed by atoms with Crippen molar-refractivity contribution in [1.29, 1.82) is 0 Å². The average Bonchev–Trinajstić information content (AvgIpc) is 3.43. The summed E-state index contributed by atoms with van der Waals surface area (Å²) in [4.78, 5) is 6.63. The molecule has 2 heterocycles. The van der Waals surface area contributed by atoms with Crippen molar-refractivity contribution in [3.63, 3.8) is 0 Å². The molecule has 1 aliphatic rings. The molecule has 31 heavy (non-hydrogen) atoms. The normalized spacial score (nSPS) is 15.9. The molecule has 2 N–H and O–H groups in total. The maximum atomic E-state index is 12.3. The molecule has 1 unspecified atom stereocenters. The monoisotopic (exact) mass is 552 g/mol. The van der Waals surface area contributed by atoms with E-state index in [1.807, 2.05) is 18.2 Å². The largest absolute Gasteiger partial charge is 0.484 e. The summed E-state index contributed by atoms with van der Waals surface area (Å²) in [6.45, 7) is 1.78. The predicted molar refractivity (Wildman–Crippen MR) is 124 cm³/mol. The Balaban J connectivity index is 0.00000341. The van der Waals surface area contributed by atoms with Gasteiger partial charge in [0.05, 0.1) is 12.3 Å². The minimum Gasteiger partial charge on any atom is -0.484 e. The zero-order valence-corrected chi connectivity index (χ0v) is 19.7. The summed E-state index contributed by atoms with van der Waals surface area (Å²) in [5.41, 5.74) is 0.791. The summed E-state index contributed by atoms with van der Waals surface area (Å²) < 4.78 is 47.4. The fraction of sp³-hybridized carbons (Fsp3) is 0.476. The molecular weight excluding hydrogens is 524 g/mol. The van der Waals surface area contributed by atoms with Crippen LogP contribution in [0.5, 0.6) is 5.75 Å². The second kappa shape index (κ2) is 12.2. The zero-order valence-electron chi connectivity index (χ0n) is 17.3. The van der Waals surface area contributed by atoms with Crippen LogP contribution in [0.2, 0.25) is 0 Å². The van der Waals surface area contributed by atoms with Gasteiger partial charge in [-0.1, -0.05) is 12.1 Å². The minimum absolute atomic E-state index is 0. The predicted octanol–water partition coefficient (Wildman–Crippen LogP) is 4.34. The van der Waals surface area contributed by atoms with Crippen LogP contribution in [0.4, 0.5) is 13.2 Å². The highest BCUT2D eigenvalue weighted by Gasteiger charge is 2.28. The number of guanidine groups is 1. The number of aliphatic imine (C=N–C) groups is 1. The van der Waals surface area contributed by atoms with Gasteiger partial charge in [-0.15, -0.1) is 24.0 Å². The molecular formula is C21H28F3IN4O2. The van der Waals surface area contributed by atoms with Gasteiger partial charge >= 0.3 is 6.18 Å². The number of likely N-dealkylation sites (tertiary alicyclic amines) is 1. The lowest BCUT2D eigenvalue weighted by atomic mass is 10.2. The third-order valence-electron chi connectivity index (χ3n) is 4.90. The van der Waals surface area contributed by atoms with Crippen LogP contribution in [0.1, 0.15) is 30.2 Å². The van der Waals surface area contributed by atoms with Crippen molar-refractivity contribution in [1.82, 2.24) is 15.5 Å². The molecule has 3 rings (SSSR count). The van der Waals surface area contributed by atoms with Crippen molar-refractivity contribution in [3.8, 4) is 5.75 Å². The summed E-state index contributed by atoms with van der Waals surface area (Å²) in [6, 6.07) is 10.6. The lowest BCUT2D eigenvalue weighted by Crippen LogP contribution is -2.42. The summed E-state index contributed by atoms with van der Waals surface area (Å²) >= 11 is 0. The fourth-order valence-corrected chi connectivity index (χ4v) is 3.45. The van der Waals surface area contributed by atoms with Crippen molar-refractivity contribution < 1.29 is 22.3 Å². The first-order valence-electron chi connectivity index (χ1n) is 9.95. The molecule has 0 spiro atoms. The van der Waals surface area contributed by atoms with Crippen LogP contribution >= 0.6 is 24.0 Å². The van der Waals surface area contributed by atoms with Crippen molar-refractivity contribution in [3.05, 3.63) is 54.0 Å². The lowest BCUT2D eigenvalue weighted by Gasteiger charge is -2.26. The van der Waals surface area contributed by atoms with E-state index in [2.05, 4.69) is 20.5 Å². The van der Waals surface area contributed by atoms with Crippen LogP contribution in [0.25, 0.3) is 0 Å². The molecule has 1 saturated heterocycles. The van der Waals surface area contributed by atoms with Gasteiger partial charge in [-0.2, -0.15) is 13.2 Å². The number of nitrogens with one attached hydrogen (secondary N) is 2. The van der Waals surface area contributed by atoms with Crippen LogP contribution in [0, 0.1) is 0 Å². The Morgan fingerprint density at radius 1 is 1.19 bits per heavy atom. The average molecular weight is 552 g/mol.